The van der Waals surface area contributed by atoms with Crippen LogP contribution in [0.5, 0.6) is 5.75 Å². The standard InChI is InChI=1S/C23H32ClN5O3/c1-16(26-17(2)30)18-6-8-19(9-7-18)32-20-10-12-29(15-20)22-21(24)14-25-23(27-22)28(3)11-5-13-31-4/h6-9,14,16,20H,5,10-13,15H2,1-4H3,(H,26,30)/t16-,20+/m0/s1. The zero-order chi connectivity index (χ0) is 23.1. The molecule has 0 aliphatic carbocycles. The molecule has 1 fully saturated rings. The van der Waals surface area contributed by atoms with Gasteiger partial charge in [0.15, 0.2) is 5.82 Å². The highest BCUT2D eigenvalue weighted by molar-refractivity contribution is 6.32. The fourth-order valence-electron chi connectivity index (χ4n) is 3.73. The normalized spacial score (nSPS) is 16.7. The Balaban J connectivity index is 1.59. The second kappa shape index (κ2) is 11.3. The number of halogens is 1. The van der Waals surface area contributed by atoms with Gasteiger partial charge < -0.3 is 24.6 Å². The number of nitrogens with zero attached hydrogens (tertiary/aromatic N) is 4. The first-order valence-corrected chi connectivity index (χ1v) is 11.3. The van der Waals surface area contributed by atoms with E-state index in [4.69, 9.17) is 26.1 Å². The van der Waals surface area contributed by atoms with Crippen LogP contribution in [0, 0.1) is 0 Å². The summed E-state index contributed by atoms with van der Waals surface area (Å²) in [6, 6.07) is 7.82. The van der Waals surface area contributed by atoms with Crippen LogP contribution >= 0.6 is 11.6 Å². The summed E-state index contributed by atoms with van der Waals surface area (Å²) in [7, 11) is 3.67. The van der Waals surface area contributed by atoms with Crippen molar-refractivity contribution in [3.8, 4) is 5.75 Å². The molecule has 1 aromatic carbocycles. The molecule has 1 aliphatic heterocycles. The van der Waals surface area contributed by atoms with Crippen molar-refractivity contribution in [3.05, 3.63) is 41.0 Å². The predicted octanol–water partition coefficient (Wildman–Crippen LogP) is 3.46. The lowest BCUT2D eigenvalue weighted by molar-refractivity contribution is -0.119. The van der Waals surface area contributed by atoms with Gasteiger partial charge in [-0.05, 0) is 31.0 Å². The first kappa shape index (κ1) is 24.1. The molecule has 1 N–H and O–H groups in total. The minimum absolute atomic E-state index is 0.0368. The van der Waals surface area contributed by atoms with Crippen molar-refractivity contribution in [2.24, 2.45) is 0 Å². The molecule has 1 saturated heterocycles. The number of aromatic nitrogens is 2. The van der Waals surface area contributed by atoms with Gasteiger partial charge in [-0.3, -0.25) is 4.79 Å². The van der Waals surface area contributed by atoms with E-state index >= 15 is 0 Å². The van der Waals surface area contributed by atoms with E-state index in [1.54, 1.807) is 13.3 Å². The second-order valence-electron chi connectivity index (χ2n) is 8.08. The molecule has 2 aromatic rings. The Hall–Kier alpha value is -2.58. The Labute approximate surface area is 194 Å². The molecule has 8 nitrogen and oxygen atoms in total. The van der Waals surface area contributed by atoms with E-state index < -0.39 is 0 Å². The lowest BCUT2D eigenvalue weighted by Gasteiger charge is -2.22. The molecule has 1 aliphatic rings. The monoisotopic (exact) mass is 461 g/mol. The third kappa shape index (κ3) is 6.46. The van der Waals surface area contributed by atoms with E-state index in [0.29, 0.717) is 24.1 Å². The van der Waals surface area contributed by atoms with E-state index in [0.717, 1.165) is 43.1 Å². The summed E-state index contributed by atoms with van der Waals surface area (Å²) in [5.74, 6) is 2.15. The Morgan fingerprint density at radius 3 is 2.81 bits per heavy atom. The van der Waals surface area contributed by atoms with E-state index in [1.165, 1.54) is 6.92 Å². The molecule has 32 heavy (non-hydrogen) atoms. The number of methoxy groups -OCH3 is 1. The van der Waals surface area contributed by atoms with Crippen molar-refractivity contribution >= 4 is 29.3 Å². The smallest absolute Gasteiger partial charge is 0.227 e. The zero-order valence-corrected chi connectivity index (χ0v) is 19.9. The number of benzene rings is 1. The van der Waals surface area contributed by atoms with Gasteiger partial charge in [0.25, 0.3) is 0 Å². The van der Waals surface area contributed by atoms with E-state index in [9.17, 15) is 4.79 Å². The van der Waals surface area contributed by atoms with Gasteiger partial charge in [-0.1, -0.05) is 23.7 Å². The minimum Gasteiger partial charge on any atom is -0.489 e. The maximum absolute atomic E-state index is 11.2. The number of carbonyl (C=O) groups is 1. The largest absolute Gasteiger partial charge is 0.489 e. The summed E-state index contributed by atoms with van der Waals surface area (Å²) >= 11 is 6.42. The third-order valence-corrected chi connectivity index (χ3v) is 5.71. The van der Waals surface area contributed by atoms with Crippen LogP contribution in [0.25, 0.3) is 0 Å². The van der Waals surface area contributed by atoms with Crippen molar-refractivity contribution < 1.29 is 14.3 Å². The third-order valence-electron chi connectivity index (χ3n) is 5.44. The number of ether oxygens (including phenoxy) is 2. The molecular formula is C23H32ClN5O3. The number of anilines is 2. The van der Waals surface area contributed by atoms with Gasteiger partial charge in [-0.2, -0.15) is 4.98 Å². The van der Waals surface area contributed by atoms with Crippen molar-refractivity contribution in [3.63, 3.8) is 0 Å². The van der Waals surface area contributed by atoms with Crippen LogP contribution < -0.4 is 19.9 Å². The molecule has 0 spiro atoms. The zero-order valence-electron chi connectivity index (χ0n) is 19.2. The van der Waals surface area contributed by atoms with Gasteiger partial charge >= 0.3 is 0 Å². The van der Waals surface area contributed by atoms with Crippen LogP contribution in [0.1, 0.15) is 38.3 Å². The molecule has 1 amide bonds. The highest BCUT2D eigenvalue weighted by atomic mass is 35.5. The van der Waals surface area contributed by atoms with Crippen molar-refractivity contribution in [1.82, 2.24) is 15.3 Å². The van der Waals surface area contributed by atoms with Crippen LogP contribution in [0.4, 0.5) is 11.8 Å². The van der Waals surface area contributed by atoms with Crippen LogP contribution in [-0.4, -0.2) is 62.4 Å². The van der Waals surface area contributed by atoms with Crippen molar-refractivity contribution in [2.45, 2.75) is 38.8 Å². The van der Waals surface area contributed by atoms with Crippen LogP contribution in [0.2, 0.25) is 5.02 Å². The molecule has 0 radical (unpaired) electrons. The van der Waals surface area contributed by atoms with Crippen LogP contribution in [0.15, 0.2) is 30.5 Å². The lowest BCUT2D eigenvalue weighted by atomic mass is 10.1. The van der Waals surface area contributed by atoms with Gasteiger partial charge in [-0.25, -0.2) is 4.98 Å². The maximum atomic E-state index is 11.2. The number of hydrogen-bond acceptors (Lipinski definition) is 7. The van der Waals surface area contributed by atoms with Gasteiger partial charge in [0.1, 0.15) is 16.9 Å². The summed E-state index contributed by atoms with van der Waals surface area (Å²) in [4.78, 5) is 24.5. The molecule has 1 aromatic heterocycles. The summed E-state index contributed by atoms with van der Waals surface area (Å²) < 4.78 is 11.3. The van der Waals surface area contributed by atoms with E-state index in [1.807, 2.05) is 43.1 Å². The molecule has 9 heteroatoms. The molecule has 0 saturated carbocycles. The Kier molecular flexibility index (Phi) is 8.53. The van der Waals surface area contributed by atoms with Gasteiger partial charge in [0, 0.05) is 47.2 Å². The number of amides is 1. The fraction of sp³-hybridized carbons (Fsp3) is 0.522. The SMILES string of the molecule is COCCCN(C)c1ncc(Cl)c(N2CC[C@@H](Oc3ccc([C@H](C)NC(C)=O)cc3)C2)n1. The van der Waals surface area contributed by atoms with Crippen LogP contribution in [-0.2, 0) is 9.53 Å². The highest BCUT2D eigenvalue weighted by Gasteiger charge is 2.27. The van der Waals surface area contributed by atoms with Gasteiger partial charge in [0.05, 0.1) is 18.8 Å². The van der Waals surface area contributed by atoms with E-state index in [-0.39, 0.29) is 18.1 Å². The first-order chi connectivity index (χ1) is 15.4. The number of hydrogen-bond donors (Lipinski definition) is 1. The average Bonchev–Trinajstić information content (AvgIpc) is 3.22. The van der Waals surface area contributed by atoms with Crippen molar-refractivity contribution in [1.29, 1.82) is 0 Å². The summed E-state index contributed by atoms with van der Waals surface area (Å²) in [5.41, 5.74) is 1.04. The molecule has 0 bridgehead atoms. The average molecular weight is 462 g/mol. The number of nitrogens with one attached hydrogen (secondary N) is 1. The van der Waals surface area contributed by atoms with E-state index in [2.05, 4.69) is 15.2 Å². The second-order valence-corrected chi connectivity index (χ2v) is 8.48. The predicted molar refractivity (Wildman–Crippen MR) is 127 cm³/mol. The fourth-order valence-corrected chi connectivity index (χ4v) is 3.94. The first-order valence-electron chi connectivity index (χ1n) is 10.9. The van der Waals surface area contributed by atoms with Gasteiger partial charge in [-0.15, -0.1) is 0 Å². The summed E-state index contributed by atoms with van der Waals surface area (Å²) in [5, 5.41) is 3.42. The Morgan fingerprint density at radius 2 is 2.12 bits per heavy atom. The lowest BCUT2D eigenvalue weighted by Crippen LogP contribution is -2.27. The Bertz CT molecular complexity index is 896. The number of carbonyl (C=O) groups excluding carboxylic acids is 1. The van der Waals surface area contributed by atoms with Gasteiger partial charge in [0.2, 0.25) is 11.9 Å². The minimum atomic E-state index is -0.0448. The Morgan fingerprint density at radius 1 is 1.38 bits per heavy atom. The molecule has 2 atom stereocenters. The molecule has 3 rings (SSSR count). The summed E-state index contributed by atoms with van der Waals surface area (Å²) in [6.07, 6.45) is 3.48. The number of rotatable bonds is 10. The van der Waals surface area contributed by atoms with Crippen LogP contribution in [0.3, 0.4) is 0 Å². The highest BCUT2D eigenvalue weighted by Crippen LogP contribution is 2.29. The molecule has 2 heterocycles. The quantitative estimate of drug-likeness (QED) is 0.543. The molecule has 174 valence electrons. The summed E-state index contributed by atoms with van der Waals surface area (Å²) in [6.45, 7) is 6.49. The van der Waals surface area contributed by atoms with Crippen molar-refractivity contribution in [2.75, 3.05) is 50.2 Å². The molecule has 0 unspecified atom stereocenters. The molecular weight excluding hydrogens is 430 g/mol. The topological polar surface area (TPSA) is 79.8 Å². The maximum Gasteiger partial charge on any atom is 0.227 e.